The molecule has 0 saturated carbocycles. The molecule has 1 aliphatic rings. The molecule has 0 radical (unpaired) electrons. The van der Waals surface area contributed by atoms with Crippen molar-refractivity contribution < 1.29 is 31.9 Å². The van der Waals surface area contributed by atoms with E-state index in [2.05, 4.69) is 30.9 Å². The molecule has 4 aromatic rings. The number of anilines is 4. The number of nitrogens with zero attached hydrogens (tertiary/aromatic N) is 4. The number of halogens is 4. The smallest absolute Gasteiger partial charge is 0.451 e. The van der Waals surface area contributed by atoms with E-state index in [1.807, 2.05) is 0 Å². The first kappa shape index (κ1) is 28.3. The highest BCUT2D eigenvalue weighted by molar-refractivity contribution is 6.07. The van der Waals surface area contributed by atoms with E-state index < -0.39 is 29.5 Å². The Labute approximate surface area is 236 Å². The molecule has 3 N–H and O–H groups in total. The summed E-state index contributed by atoms with van der Waals surface area (Å²) < 4.78 is 60.6. The lowest BCUT2D eigenvalue weighted by atomic mass is 10.2. The number of benzene rings is 2. The third-order valence-corrected chi connectivity index (χ3v) is 6.10. The van der Waals surface area contributed by atoms with Crippen LogP contribution in [0.2, 0.25) is 0 Å². The van der Waals surface area contributed by atoms with Gasteiger partial charge in [-0.2, -0.15) is 13.2 Å². The van der Waals surface area contributed by atoms with Gasteiger partial charge >= 0.3 is 12.2 Å². The lowest BCUT2D eigenvalue weighted by Crippen LogP contribution is -2.32. The number of carbonyl (C=O) groups is 2. The number of carbonyl (C=O) groups excluding carboxylic acids is 2. The molecule has 5 rings (SSSR count). The standard InChI is InChI=1S/C28H23F4N7O3/c29-21-14-18(8-9-22(21)42-19-10-11-33-23(15-19)37-27(41)39-12-4-5-13-39)35-24-20(16-34-26(38-24)28(30,31)32)25(40)36-17-6-2-1-3-7-17/h1-3,6-11,14-16H,4-5,12-13H2,(H,36,40)(H,33,37,41)(H,34,35,38). The van der Waals surface area contributed by atoms with Crippen LogP contribution in [0.15, 0.2) is 73.1 Å². The molecule has 0 aliphatic carbocycles. The highest BCUT2D eigenvalue weighted by Crippen LogP contribution is 2.31. The lowest BCUT2D eigenvalue weighted by molar-refractivity contribution is -0.144. The van der Waals surface area contributed by atoms with Crippen molar-refractivity contribution in [3.8, 4) is 11.5 Å². The number of likely N-dealkylation sites (tertiary alicyclic amines) is 1. The van der Waals surface area contributed by atoms with E-state index in [-0.39, 0.29) is 34.6 Å². The second-order valence-electron chi connectivity index (χ2n) is 9.15. The monoisotopic (exact) mass is 581 g/mol. The van der Waals surface area contributed by atoms with Crippen LogP contribution in [0.5, 0.6) is 11.5 Å². The Morgan fingerprint density at radius 3 is 2.38 bits per heavy atom. The van der Waals surface area contributed by atoms with E-state index in [1.54, 1.807) is 35.2 Å². The number of pyridine rings is 1. The van der Waals surface area contributed by atoms with Gasteiger partial charge < -0.3 is 20.3 Å². The summed E-state index contributed by atoms with van der Waals surface area (Å²) in [5, 5.41) is 7.80. The molecule has 0 atom stereocenters. The van der Waals surface area contributed by atoms with E-state index in [9.17, 15) is 22.8 Å². The number of nitrogens with one attached hydrogen (secondary N) is 3. The molecule has 1 fully saturated rings. The topological polar surface area (TPSA) is 121 Å². The number of hydrogen-bond acceptors (Lipinski definition) is 7. The minimum absolute atomic E-state index is 0.00581. The molecular formula is C28H23F4N7O3. The van der Waals surface area contributed by atoms with Crippen LogP contribution in [0.25, 0.3) is 0 Å². The molecule has 2 aromatic carbocycles. The van der Waals surface area contributed by atoms with Crippen molar-refractivity contribution in [2.75, 3.05) is 29.0 Å². The predicted molar refractivity (Wildman–Crippen MR) is 145 cm³/mol. The first-order valence-corrected chi connectivity index (χ1v) is 12.7. The van der Waals surface area contributed by atoms with Gasteiger partial charge in [0.15, 0.2) is 11.6 Å². The fraction of sp³-hybridized carbons (Fsp3) is 0.179. The number of amides is 3. The van der Waals surface area contributed by atoms with Crippen LogP contribution in [0, 0.1) is 5.82 Å². The predicted octanol–water partition coefficient (Wildman–Crippen LogP) is 6.45. The Kier molecular flexibility index (Phi) is 8.13. The summed E-state index contributed by atoms with van der Waals surface area (Å²) in [6, 6.07) is 14.4. The summed E-state index contributed by atoms with van der Waals surface area (Å²) in [6.07, 6.45) is -0.898. The molecule has 1 aliphatic heterocycles. The SMILES string of the molecule is O=C(Nc1ccccc1)c1cnc(C(F)(F)F)nc1Nc1ccc(Oc2ccnc(NC(=O)N3CCCC3)c2)c(F)c1. The molecule has 0 spiro atoms. The highest BCUT2D eigenvalue weighted by Gasteiger charge is 2.36. The Morgan fingerprint density at radius 1 is 0.905 bits per heavy atom. The molecule has 10 nitrogen and oxygen atoms in total. The second kappa shape index (κ2) is 12.1. The van der Waals surface area contributed by atoms with Gasteiger partial charge in [-0.25, -0.2) is 24.1 Å². The minimum Gasteiger partial charge on any atom is -0.454 e. The molecule has 0 bridgehead atoms. The summed E-state index contributed by atoms with van der Waals surface area (Å²) >= 11 is 0. The van der Waals surface area contributed by atoms with Gasteiger partial charge in [0.05, 0.1) is 0 Å². The van der Waals surface area contributed by atoms with E-state index in [1.165, 1.54) is 30.5 Å². The van der Waals surface area contributed by atoms with Crippen LogP contribution in [0.1, 0.15) is 29.0 Å². The zero-order valence-corrected chi connectivity index (χ0v) is 21.8. The Morgan fingerprint density at radius 2 is 1.67 bits per heavy atom. The van der Waals surface area contributed by atoms with Gasteiger partial charge in [-0.05, 0) is 43.2 Å². The molecule has 14 heteroatoms. The quantitative estimate of drug-likeness (QED) is 0.215. The summed E-state index contributed by atoms with van der Waals surface area (Å²) in [5.41, 5.74) is 0.0948. The van der Waals surface area contributed by atoms with Crippen LogP contribution in [0.4, 0.5) is 45.4 Å². The minimum atomic E-state index is -4.88. The van der Waals surface area contributed by atoms with Crippen molar-refractivity contribution in [3.05, 3.63) is 90.3 Å². The molecule has 0 unspecified atom stereocenters. The van der Waals surface area contributed by atoms with Crippen LogP contribution in [-0.2, 0) is 6.18 Å². The Balaban J connectivity index is 1.33. The van der Waals surface area contributed by atoms with Crippen molar-refractivity contribution >= 4 is 34.9 Å². The molecular weight excluding hydrogens is 558 g/mol. The molecule has 1 saturated heterocycles. The maximum absolute atomic E-state index is 15.0. The summed E-state index contributed by atoms with van der Waals surface area (Å²) in [7, 11) is 0. The van der Waals surface area contributed by atoms with Gasteiger partial charge in [0.1, 0.15) is 22.9 Å². The maximum atomic E-state index is 15.0. The molecule has 216 valence electrons. The number of para-hydroxylation sites is 1. The second-order valence-corrected chi connectivity index (χ2v) is 9.15. The fourth-order valence-electron chi connectivity index (χ4n) is 4.08. The molecule has 42 heavy (non-hydrogen) atoms. The lowest BCUT2D eigenvalue weighted by Gasteiger charge is -2.16. The largest absolute Gasteiger partial charge is 0.454 e. The third-order valence-electron chi connectivity index (χ3n) is 6.10. The summed E-state index contributed by atoms with van der Waals surface area (Å²) in [4.78, 5) is 37.7. The van der Waals surface area contributed by atoms with Gasteiger partial charge in [0.25, 0.3) is 5.91 Å². The average Bonchev–Trinajstić information content (AvgIpc) is 3.50. The van der Waals surface area contributed by atoms with Crippen molar-refractivity contribution in [2.45, 2.75) is 19.0 Å². The van der Waals surface area contributed by atoms with Crippen molar-refractivity contribution in [2.24, 2.45) is 0 Å². The van der Waals surface area contributed by atoms with Crippen LogP contribution >= 0.6 is 0 Å². The van der Waals surface area contributed by atoms with E-state index in [0.29, 0.717) is 18.8 Å². The third kappa shape index (κ3) is 6.89. The summed E-state index contributed by atoms with van der Waals surface area (Å²) in [6.45, 7) is 1.30. The molecule has 3 amide bonds. The van der Waals surface area contributed by atoms with Crippen LogP contribution < -0.4 is 20.7 Å². The number of alkyl halides is 3. The van der Waals surface area contributed by atoms with Gasteiger partial charge in [-0.1, -0.05) is 18.2 Å². The number of hydrogen-bond donors (Lipinski definition) is 3. The normalized spacial score (nSPS) is 13.0. The summed E-state index contributed by atoms with van der Waals surface area (Å²) in [5.74, 6) is -3.40. The molecule has 3 heterocycles. The van der Waals surface area contributed by atoms with E-state index >= 15 is 4.39 Å². The van der Waals surface area contributed by atoms with Crippen molar-refractivity contribution in [1.29, 1.82) is 0 Å². The van der Waals surface area contributed by atoms with Gasteiger partial charge in [-0.15, -0.1) is 0 Å². The highest BCUT2D eigenvalue weighted by atomic mass is 19.4. The number of aromatic nitrogens is 3. The van der Waals surface area contributed by atoms with Crippen LogP contribution in [0.3, 0.4) is 0 Å². The first-order valence-electron chi connectivity index (χ1n) is 12.7. The zero-order chi connectivity index (χ0) is 29.7. The van der Waals surface area contributed by atoms with E-state index in [4.69, 9.17) is 4.74 Å². The Hall–Kier alpha value is -5.27. The average molecular weight is 582 g/mol. The van der Waals surface area contributed by atoms with Crippen molar-refractivity contribution in [1.82, 2.24) is 19.9 Å². The number of ether oxygens (including phenoxy) is 1. The molecule has 2 aromatic heterocycles. The van der Waals surface area contributed by atoms with Gasteiger partial charge in [-0.3, -0.25) is 10.1 Å². The Bertz CT molecular complexity index is 1600. The fourth-order valence-corrected chi connectivity index (χ4v) is 4.08. The van der Waals surface area contributed by atoms with Crippen LogP contribution in [-0.4, -0.2) is 44.9 Å². The zero-order valence-electron chi connectivity index (χ0n) is 21.8. The number of urea groups is 1. The maximum Gasteiger partial charge on any atom is 0.451 e. The first-order chi connectivity index (χ1) is 20.2. The van der Waals surface area contributed by atoms with Gasteiger partial charge in [0.2, 0.25) is 5.82 Å². The van der Waals surface area contributed by atoms with Gasteiger partial charge in [0, 0.05) is 49.0 Å². The van der Waals surface area contributed by atoms with Crippen molar-refractivity contribution in [3.63, 3.8) is 0 Å². The van der Waals surface area contributed by atoms with E-state index in [0.717, 1.165) is 25.1 Å². The number of rotatable bonds is 7.